The lowest BCUT2D eigenvalue weighted by Crippen LogP contribution is -2.18. The van der Waals surface area contributed by atoms with Crippen LogP contribution in [0.3, 0.4) is 0 Å². The van der Waals surface area contributed by atoms with Gasteiger partial charge in [0.1, 0.15) is 17.0 Å². The number of amides is 2. The number of hydrogen-bond donors (Lipinski definition) is 2. The fourth-order valence-corrected chi connectivity index (χ4v) is 3.62. The normalized spacial score (nSPS) is 10.6. The molecule has 0 bridgehead atoms. The molecule has 4 rings (SSSR count). The molecule has 2 N–H and O–H groups in total. The van der Waals surface area contributed by atoms with E-state index in [2.05, 4.69) is 10.6 Å². The number of para-hydroxylation sites is 3. The van der Waals surface area contributed by atoms with Gasteiger partial charge in [-0.2, -0.15) is 0 Å². The molecule has 0 aliphatic carbocycles. The fourth-order valence-electron chi connectivity index (χ4n) is 3.62. The summed E-state index contributed by atoms with van der Waals surface area (Å²) in [7, 11) is 4.60. The average Bonchev–Trinajstić information content (AvgIpc) is 3.22. The number of hydrogen-bond acceptors (Lipinski definition) is 6. The molecule has 0 fully saturated rings. The number of furan rings is 1. The number of carbonyl (C=O) groups is 2. The van der Waals surface area contributed by atoms with E-state index in [1.165, 1.54) is 14.2 Å². The van der Waals surface area contributed by atoms with Crippen molar-refractivity contribution in [1.82, 2.24) is 0 Å². The highest BCUT2D eigenvalue weighted by Gasteiger charge is 2.23. The zero-order valence-electron chi connectivity index (χ0n) is 19.0. The number of nitrogens with one attached hydrogen (secondary N) is 2. The molecule has 8 nitrogen and oxygen atoms in total. The quantitative estimate of drug-likeness (QED) is 0.388. The third kappa shape index (κ3) is 4.66. The smallest absolute Gasteiger partial charge is 0.293 e. The Morgan fingerprint density at radius 1 is 0.794 bits per heavy atom. The third-order valence-corrected chi connectivity index (χ3v) is 5.23. The molecule has 3 aromatic carbocycles. The number of anilines is 2. The van der Waals surface area contributed by atoms with Gasteiger partial charge in [-0.3, -0.25) is 9.59 Å². The van der Waals surface area contributed by atoms with Gasteiger partial charge in [0.25, 0.3) is 5.91 Å². The van der Waals surface area contributed by atoms with Crippen LogP contribution < -0.4 is 24.8 Å². The number of ether oxygens (including phenoxy) is 3. The zero-order chi connectivity index (χ0) is 24.1. The lowest BCUT2D eigenvalue weighted by Gasteiger charge is -2.11. The van der Waals surface area contributed by atoms with Crippen molar-refractivity contribution >= 4 is 34.2 Å². The number of carbonyl (C=O) groups excluding carboxylic acids is 2. The minimum Gasteiger partial charge on any atom is -0.495 e. The minimum absolute atomic E-state index is 0.00670. The van der Waals surface area contributed by atoms with Crippen molar-refractivity contribution in [3.05, 3.63) is 78.1 Å². The summed E-state index contributed by atoms with van der Waals surface area (Å²) >= 11 is 0. The van der Waals surface area contributed by atoms with Crippen LogP contribution in [0.5, 0.6) is 17.2 Å². The molecule has 0 saturated carbocycles. The Morgan fingerprint density at radius 3 is 2.26 bits per heavy atom. The highest BCUT2D eigenvalue weighted by molar-refractivity contribution is 6.15. The van der Waals surface area contributed by atoms with E-state index in [-0.39, 0.29) is 18.1 Å². The van der Waals surface area contributed by atoms with E-state index in [1.54, 1.807) is 67.8 Å². The molecule has 0 unspecified atom stereocenters. The Kier molecular flexibility index (Phi) is 6.68. The van der Waals surface area contributed by atoms with E-state index >= 15 is 0 Å². The molecular formula is C26H24N2O6. The summed E-state index contributed by atoms with van der Waals surface area (Å²) in [6.45, 7) is 0. The van der Waals surface area contributed by atoms with Crippen molar-refractivity contribution in [2.24, 2.45) is 0 Å². The Bertz CT molecular complexity index is 1340. The lowest BCUT2D eigenvalue weighted by atomic mass is 10.1. The first-order valence-electron chi connectivity index (χ1n) is 10.5. The monoisotopic (exact) mass is 460 g/mol. The predicted octanol–water partition coefficient (Wildman–Crippen LogP) is 4.89. The summed E-state index contributed by atoms with van der Waals surface area (Å²) in [4.78, 5) is 26.1. The highest BCUT2D eigenvalue weighted by Crippen LogP contribution is 2.33. The first-order valence-corrected chi connectivity index (χ1v) is 10.5. The van der Waals surface area contributed by atoms with Gasteiger partial charge in [0, 0.05) is 5.39 Å². The van der Waals surface area contributed by atoms with Gasteiger partial charge in [-0.05, 0) is 42.0 Å². The van der Waals surface area contributed by atoms with Crippen LogP contribution in [0.25, 0.3) is 11.0 Å². The van der Waals surface area contributed by atoms with Crippen LogP contribution in [0.1, 0.15) is 16.1 Å². The number of methoxy groups -OCH3 is 3. The van der Waals surface area contributed by atoms with E-state index < -0.39 is 5.91 Å². The second kappa shape index (κ2) is 9.99. The molecule has 0 saturated heterocycles. The van der Waals surface area contributed by atoms with Crippen molar-refractivity contribution in [2.45, 2.75) is 6.42 Å². The van der Waals surface area contributed by atoms with Crippen LogP contribution in [0.4, 0.5) is 11.4 Å². The molecule has 2 amide bonds. The molecule has 1 heterocycles. The molecule has 0 atom stereocenters. The van der Waals surface area contributed by atoms with Crippen LogP contribution in [0, 0.1) is 0 Å². The van der Waals surface area contributed by atoms with E-state index in [0.29, 0.717) is 39.6 Å². The zero-order valence-corrected chi connectivity index (χ0v) is 19.0. The summed E-state index contributed by atoms with van der Waals surface area (Å²) in [5, 5.41) is 6.26. The minimum atomic E-state index is -0.512. The van der Waals surface area contributed by atoms with Crippen molar-refractivity contribution in [3.63, 3.8) is 0 Å². The van der Waals surface area contributed by atoms with E-state index in [9.17, 15) is 9.59 Å². The highest BCUT2D eigenvalue weighted by atomic mass is 16.5. The van der Waals surface area contributed by atoms with Gasteiger partial charge in [0.2, 0.25) is 11.7 Å². The molecular weight excluding hydrogens is 436 g/mol. The first-order chi connectivity index (χ1) is 16.5. The molecule has 4 aromatic rings. The molecule has 34 heavy (non-hydrogen) atoms. The molecule has 0 aliphatic heterocycles. The van der Waals surface area contributed by atoms with Gasteiger partial charge in [0.15, 0.2) is 11.5 Å². The SMILES string of the molecule is COc1ccccc1NC(=O)c1oc2ccccc2c1NC(=O)Cc1ccc(OC)c(OC)c1. The van der Waals surface area contributed by atoms with E-state index in [4.69, 9.17) is 18.6 Å². The largest absolute Gasteiger partial charge is 0.495 e. The second-order valence-corrected chi connectivity index (χ2v) is 7.37. The molecule has 174 valence electrons. The Balaban J connectivity index is 1.61. The molecule has 8 heteroatoms. The van der Waals surface area contributed by atoms with Crippen LogP contribution in [0.15, 0.2) is 71.1 Å². The van der Waals surface area contributed by atoms with Gasteiger partial charge in [0.05, 0.1) is 33.4 Å². The van der Waals surface area contributed by atoms with Crippen molar-refractivity contribution < 1.29 is 28.2 Å². The van der Waals surface area contributed by atoms with Gasteiger partial charge in [-0.15, -0.1) is 0 Å². The molecule has 0 aliphatic rings. The summed E-state index contributed by atoms with van der Waals surface area (Å²) < 4.78 is 21.7. The summed E-state index contributed by atoms with van der Waals surface area (Å²) in [6.07, 6.45) is 0.0629. The van der Waals surface area contributed by atoms with Crippen LogP contribution in [-0.4, -0.2) is 33.1 Å². The molecule has 0 radical (unpaired) electrons. The van der Waals surface area contributed by atoms with Crippen LogP contribution >= 0.6 is 0 Å². The molecule has 0 spiro atoms. The van der Waals surface area contributed by atoms with Gasteiger partial charge < -0.3 is 29.3 Å². The Hall–Kier alpha value is -4.46. The average molecular weight is 460 g/mol. The Morgan fingerprint density at radius 2 is 1.50 bits per heavy atom. The van der Waals surface area contributed by atoms with Crippen LogP contribution in [0.2, 0.25) is 0 Å². The van der Waals surface area contributed by atoms with E-state index in [1.807, 2.05) is 6.07 Å². The Labute approximate surface area is 196 Å². The number of benzene rings is 3. The van der Waals surface area contributed by atoms with Gasteiger partial charge in [-0.25, -0.2) is 0 Å². The first kappa shape index (κ1) is 22.7. The predicted molar refractivity (Wildman–Crippen MR) is 129 cm³/mol. The maximum Gasteiger partial charge on any atom is 0.293 e. The topological polar surface area (TPSA) is 99.0 Å². The number of fused-ring (bicyclic) bond motifs is 1. The van der Waals surface area contributed by atoms with Gasteiger partial charge >= 0.3 is 0 Å². The van der Waals surface area contributed by atoms with Crippen molar-refractivity contribution in [2.75, 3.05) is 32.0 Å². The van der Waals surface area contributed by atoms with Crippen LogP contribution in [-0.2, 0) is 11.2 Å². The fraction of sp³-hybridized carbons (Fsp3) is 0.154. The van der Waals surface area contributed by atoms with Gasteiger partial charge in [-0.1, -0.05) is 30.3 Å². The second-order valence-electron chi connectivity index (χ2n) is 7.37. The summed E-state index contributed by atoms with van der Waals surface area (Å²) in [6, 6.07) is 19.4. The third-order valence-electron chi connectivity index (χ3n) is 5.23. The van der Waals surface area contributed by atoms with E-state index in [0.717, 1.165) is 5.56 Å². The lowest BCUT2D eigenvalue weighted by molar-refractivity contribution is -0.115. The number of rotatable bonds is 8. The van der Waals surface area contributed by atoms with Crippen molar-refractivity contribution in [1.29, 1.82) is 0 Å². The maximum atomic E-state index is 13.1. The maximum absolute atomic E-state index is 13.1. The standard InChI is InChI=1S/C26H24N2O6/c1-31-20-11-7-5-9-18(20)27-26(30)25-24(17-8-4-6-10-19(17)34-25)28-23(29)15-16-12-13-21(32-2)22(14-16)33-3/h4-14H,15H2,1-3H3,(H,27,30)(H,28,29). The summed E-state index contributed by atoms with van der Waals surface area (Å²) in [5.41, 5.74) is 1.99. The van der Waals surface area contributed by atoms with Crippen molar-refractivity contribution in [3.8, 4) is 17.2 Å². The summed E-state index contributed by atoms with van der Waals surface area (Å²) in [5.74, 6) is 0.771. The molecule has 1 aromatic heterocycles.